The lowest BCUT2D eigenvalue weighted by molar-refractivity contribution is -0.138. The van der Waals surface area contributed by atoms with Gasteiger partial charge in [0.1, 0.15) is 6.04 Å². The third-order valence-electron chi connectivity index (χ3n) is 2.37. The fourth-order valence-electron chi connectivity index (χ4n) is 1.61. The first-order chi connectivity index (χ1) is 7.11. The molecule has 0 bridgehead atoms. The zero-order chi connectivity index (χ0) is 11.0. The molecule has 0 aliphatic rings. The number of carboxylic acid groups (broad SMARTS) is 1. The maximum Gasteiger partial charge on any atom is 0.325 e. The summed E-state index contributed by atoms with van der Waals surface area (Å²) in [5.74, 6) is -1.05. The molecule has 78 valence electrons. The van der Waals surface area contributed by atoms with Crippen molar-refractivity contribution in [1.29, 1.82) is 0 Å². The highest BCUT2D eigenvalue weighted by Crippen LogP contribution is 2.20. The number of nitrogens with two attached hydrogens (primary N) is 1. The molecule has 2 aromatic rings. The zero-order valence-electron chi connectivity index (χ0n) is 8.21. The van der Waals surface area contributed by atoms with Crippen LogP contribution in [0, 0.1) is 6.92 Å². The standard InChI is InChI=1S/C10H11N3O2/c1-6-3-2-4-13-9(6)7(5-12-13)8(11)10(14)15/h2-5,8H,11H2,1H3,(H,14,15). The molecule has 5 nitrogen and oxygen atoms in total. The van der Waals surface area contributed by atoms with Gasteiger partial charge in [-0.15, -0.1) is 0 Å². The van der Waals surface area contributed by atoms with Crippen molar-refractivity contribution < 1.29 is 9.90 Å². The maximum atomic E-state index is 10.8. The van der Waals surface area contributed by atoms with E-state index in [4.69, 9.17) is 10.8 Å². The van der Waals surface area contributed by atoms with E-state index in [0.717, 1.165) is 11.1 Å². The molecule has 0 fully saturated rings. The van der Waals surface area contributed by atoms with Gasteiger partial charge in [0.05, 0.1) is 11.7 Å². The first-order valence-electron chi connectivity index (χ1n) is 4.52. The number of rotatable bonds is 2. The lowest BCUT2D eigenvalue weighted by Gasteiger charge is -2.05. The Labute approximate surface area is 86.1 Å². The molecule has 0 radical (unpaired) electrons. The van der Waals surface area contributed by atoms with E-state index in [1.807, 2.05) is 19.1 Å². The predicted molar refractivity (Wildman–Crippen MR) is 54.5 cm³/mol. The van der Waals surface area contributed by atoms with Gasteiger partial charge in [-0.25, -0.2) is 4.52 Å². The quantitative estimate of drug-likeness (QED) is 0.757. The van der Waals surface area contributed by atoms with Gasteiger partial charge in [-0.3, -0.25) is 4.79 Å². The minimum absolute atomic E-state index is 0.542. The second-order valence-corrected chi connectivity index (χ2v) is 3.40. The number of carbonyl (C=O) groups is 1. The second-order valence-electron chi connectivity index (χ2n) is 3.40. The van der Waals surface area contributed by atoms with Gasteiger partial charge in [0, 0.05) is 11.8 Å². The van der Waals surface area contributed by atoms with Crippen molar-refractivity contribution in [2.24, 2.45) is 5.73 Å². The van der Waals surface area contributed by atoms with Gasteiger partial charge in [-0.1, -0.05) is 6.07 Å². The van der Waals surface area contributed by atoms with Crippen LogP contribution in [0.15, 0.2) is 24.5 Å². The maximum absolute atomic E-state index is 10.8. The van der Waals surface area contributed by atoms with Crippen LogP contribution in [0.25, 0.3) is 5.52 Å². The van der Waals surface area contributed by atoms with Gasteiger partial charge in [-0.2, -0.15) is 5.10 Å². The minimum atomic E-state index is -1.05. The fourth-order valence-corrected chi connectivity index (χ4v) is 1.61. The van der Waals surface area contributed by atoms with E-state index >= 15 is 0 Å². The van der Waals surface area contributed by atoms with Crippen LogP contribution in [-0.2, 0) is 4.79 Å². The van der Waals surface area contributed by atoms with E-state index in [1.165, 1.54) is 6.20 Å². The van der Waals surface area contributed by atoms with Crippen molar-refractivity contribution in [2.45, 2.75) is 13.0 Å². The number of fused-ring (bicyclic) bond motifs is 1. The molecule has 0 saturated heterocycles. The molecule has 1 atom stereocenters. The summed E-state index contributed by atoms with van der Waals surface area (Å²) in [5, 5.41) is 12.9. The molecule has 2 rings (SSSR count). The lowest BCUT2D eigenvalue weighted by atomic mass is 10.1. The van der Waals surface area contributed by atoms with Crippen LogP contribution in [0.2, 0.25) is 0 Å². The summed E-state index contributed by atoms with van der Waals surface area (Å²) in [7, 11) is 0. The average molecular weight is 205 g/mol. The molecule has 0 aliphatic heterocycles. The van der Waals surface area contributed by atoms with Gasteiger partial charge in [0.15, 0.2) is 0 Å². The Balaban J connectivity index is 2.67. The molecular formula is C10H11N3O2. The number of carboxylic acids is 1. The first-order valence-corrected chi connectivity index (χ1v) is 4.52. The van der Waals surface area contributed by atoms with Gasteiger partial charge in [-0.05, 0) is 18.6 Å². The second kappa shape index (κ2) is 3.36. The number of hydrogen-bond donors (Lipinski definition) is 2. The lowest BCUT2D eigenvalue weighted by Crippen LogP contribution is -2.20. The van der Waals surface area contributed by atoms with Crippen molar-refractivity contribution in [3.05, 3.63) is 35.7 Å². The normalized spacial score (nSPS) is 12.9. The average Bonchev–Trinajstić information content (AvgIpc) is 2.61. The van der Waals surface area contributed by atoms with Crippen LogP contribution in [-0.4, -0.2) is 20.7 Å². The molecule has 0 aromatic carbocycles. The Morgan fingerprint density at radius 1 is 1.67 bits per heavy atom. The van der Waals surface area contributed by atoms with Crippen LogP contribution in [0.1, 0.15) is 17.2 Å². The van der Waals surface area contributed by atoms with E-state index in [2.05, 4.69) is 5.10 Å². The van der Waals surface area contributed by atoms with E-state index in [1.54, 1.807) is 10.7 Å². The van der Waals surface area contributed by atoms with Gasteiger partial charge < -0.3 is 10.8 Å². The number of hydrogen-bond acceptors (Lipinski definition) is 3. The first kappa shape index (κ1) is 9.67. The molecule has 0 amide bonds. The van der Waals surface area contributed by atoms with Gasteiger partial charge in [0.25, 0.3) is 0 Å². The molecule has 1 unspecified atom stereocenters. The molecule has 0 saturated carbocycles. The molecule has 2 aromatic heterocycles. The number of aliphatic carboxylic acids is 1. The largest absolute Gasteiger partial charge is 0.480 e. The Morgan fingerprint density at radius 3 is 3.07 bits per heavy atom. The summed E-state index contributed by atoms with van der Waals surface area (Å²) < 4.78 is 1.63. The van der Waals surface area contributed by atoms with Crippen LogP contribution in [0.3, 0.4) is 0 Å². The minimum Gasteiger partial charge on any atom is -0.480 e. The van der Waals surface area contributed by atoms with E-state index in [9.17, 15) is 4.79 Å². The third-order valence-corrected chi connectivity index (χ3v) is 2.37. The summed E-state index contributed by atoms with van der Waals surface area (Å²) in [6, 6.07) is 2.73. The predicted octanol–water partition coefficient (Wildman–Crippen LogP) is 0.727. The van der Waals surface area contributed by atoms with Crippen LogP contribution < -0.4 is 5.73 Å². The van der Waals surface area contributed by atoms with E-state index < -0.39 is 12.0 Å². The van der Waals surface area contributed by atoms with Crippen molar-refractivity contribution in [2.75, 3.05) is 0 Å². The molecule has 0 spiro atoms. The number of aryl methyl sites for hydroxylation is 1. The van der Waals surface area contributed by atoms with Gasteiger partial charge in [0.2, 0.25) is 0 Å². The van der Waals surface area contributed by atoms with Crippen LogP contribution in [0.5, 0.6) is 0 Å². The molecular weight excluding hydrogens is 194 g/mol. The Morgan fingerprint density at radius 2 is 2.40 bits per heavy atom. The van der Waals surface area contributed by atoms with Crippen LogP contribution >= 0.6 is 0 Å². The molecule has 15 heavy (non-hydrogen) atoms. The van der Waals surface area contributed by atoms with Crippen LogP contribution in [0.4, 0.5) is 0 Å². The Hall–Kier alpha value is -1.88. The summed E-state index contributed by atoms with van der Waals surface area (Å²) in [4.78, 5) is 10.8. The molecule has 3 N–H and O–H groups in total. The van der Waals surface area contributed by atoms with E-state index in [-0.39, 0.29) is 0 Å². The highest BCUT2D eigenvalue weighted by Gasteiger charge is 2.19. The number of pyridine rings is 1. The fraction of sp³-hybridized carbons (Fsp3) is 0.200. The van der Waals surface area contributed by atoms with Crippen molar-refractivity contribution in [1.82, 2.24) is 9.61 Å². The highest BCUT2D eigenvalue weighted by molar-refractivity contribution is 5.79. The summed E-state index contributed by atoms with van der Waals surface area (Å²) in [6.45, 7) is 1.90. The Kier molecular flexibility index (Phi) is 2.17. The SMILES string of the molecule is Cc1cccn2ncc(C(N)C(=O)O)c12. The molecule has 0 aliphatic carbocycles. The Bertz CT molecular complexity index is 518. The van der Waals surface area contributed by atoms with Crippen molar-refractivity contribution in [3.63, 3.8) is 0 Å². The van der Waals surface area contributed by atoms with Gasteiger partial charge >= 0.3 is 5.97 Å². The van der Waals surface area contributed by atoms with Crippen molar-refractivity contribution >= 4 is 11.5 Å². The zero-order valence-corrected chi connectivity index (χ0v) is 8.21. The highest BCUT2D eigenvalue weighted by atomic mass is 16.4. The third kappa shape index (κ3) is 1.46. The molecule has 5 heteroatoms. The summed E-state index contributed by atoms with van der Waals surface area (Å²) in [5.41, 5.74) is 7.84. The number of aromatic nitrogens is 2. The van der Waals surface area contributed by atoms with Crippen molar-refractivity contribution in [3.8, 4) is 0 Å². The monoisotopic (exact) mass is 205 g/mol. The van der Waals surface area contributed by atoms with E-state index in [0.29, 0.717) is 5.56 Å². The smallest absolute Gasteiger partial charge is 0.325 e. The topological polar surface area (TPSA) is 80.6 Å². The molecule has 2 heterocycles. The number of nitrogens with zero attached hydrogens (tertiary/aromatic N) is 2. The summed E-state index contributed by atoms with van der Waals surface area (Å²) >= 11 is 0. The summed E-state index contributed by atoms with van der Waals surface area (Å²) in [6.07, 6.45) is 3.27.